The van der Waals surface area contributed by atoms with Gasteiger partial charge < -0.3 is 5.32 Å². The lowest BCUT2D eigenvalue weighted by Gasteiger charge is -2.54. The summed E-state index contributed by atoms with van der Waals surface area (Å²) in [5.74, 6) is 4.72. The maximum Gasteiger partial charge on any atom is 0.230 e. The molecule has 2 nitrogen and oxygen atoms in total. The zero-order valence-corrected chi connectivity index (χ0v) is 17.0. The Balaban J connectivity index is 1.34. The fourth-order valence-corrected chi connectivity index (χ4v) is 6.83. The minimum atomic E-state index is 0.215. The number of carbonyl (C=O) groups excluding carboxylic acids is 1. The van der Waals surface area contributed by atoms with E-state index in [1.54, 1.807) is 0 Å². The van der Waals surface area contributed by atoms with Crippen LogP contribution in [-0.2, 0) is 4.79 Å². The quantitative estimate of drug-likeness (QED) is 0.590. The van der Waals surface area contributed by atoms with Crippen LogP contribution in [0.5, 0.6) is 0 Å². The molecule has 0 radical (unpaired) electrons. The molecule has 0 aromatic heterocycles. The molecule has 4 saturated carbocycles. The molecule has 3 heteroatoms. The van der Waals surface area contributed by atoms with E-state index in [0.717, 1.165) is 41.8 Å². The lowest BCUT2D eigenvalue weighted by Crippen LogP contribution is -2.47. The molecular formula is C22H35NOS. The Morgan fingerprint density at radius 1 is 1.00 bits per heavy atom. The monoisotopic (exact) mass is 361 g/mol. The maximum absolute atomic E-state index is 12.2. The molecule has 4 aliphatic rings. The standard InChI is InChI=1S/C22H35NOS/c1-15(2)5-4-6-16(3)7-8-23-21(24)14-25-22-19-10-17-9-18(12-19)13-20(22)11-17/h5,7,17-20,22H,4,6,8-14H2,1-3H3,(H,23,24). The van der Waals surface area contributed by atoms with Crippen molar-refractivity contribution in [2.75, 3.05) is 12.3 Å². The summed E-state index contributed by atoms with van der Waals surface area (Å²) in [5.41, 5.74) is 2.74. The van der Waals surface area contributed by atoms with Crippen LogP contribution in [0.3, 0.4) is 0 Å². The summed E-state index contributed by atoms with van der Waals surface area (Å²) in [6.45, 7) is 7.12. The largest absolute Gasteiger partial charge is 0.352 e. The van der Waals surface area contributed by atoms with E-state index in [1.165, 1.54) is 43.3 Å². The predicted octanol–water partition coefficient (Wildman–Crippen LogP) is 5.35. The Labute approximate surface area is 158 Å². The minimum absolute atomic E-state index is 0.215. The fraction of sp³-hybridized carbons (Fsp3) is 0.773. The van der Waals surface area contributed by atoms with E-state index in [0.29, 0.717) is 12.3 Å². The van der Waals surface area contributed by atoms with Gasteiger partial charge in [-0.3, -0.25) is 4.79 Å². The van der Waals surface area contributed by atoms with Gasteiger partial charge in [0.1, 0.15) is 0 Å². The molecule has 0 aromatic rings. The van der Waals surface area contributed by atoms with Crippen LogP contribution in [0, 0.1) is 23.7 Å². The molecule has 0 aliphatic heterocycles. The summed E-state index contributed by atoms with van der Waals surface area (Å²) >= 11 is 1.96. The van der Waals surface area contributed by atoms with E-state index in [-0.39, 0.29) is 5.91 Å². The van der Waals surface area contributed by atoms with Gasteiger partial charge in [0, 0.05) is 11.8 Å². The highest BCUT2D eigenvalue weighted by molar-refractivity contribution is 8.00. The van der Waals surface area contributed by atoms with Crippen LogP contribution in [0.4, 0.5) is 0 Å². The van der Waals surface area contributed by atoms with Crippen molar-refractivity contribution in [2.24, 2.45) is 23.7 Å². The zero-order valence-electron chi connectivity index (χ0n) is 16.2. The molecule has 140 valence electrons. The van der Waals surface area contributed by atoms with Crippen molar-refractivity contribution in [2.45, 2.75) is 71.0 Å². The normalized spacial score (nSPS) is 33.4. The molecule has 0 heterocycles. The summed E-state index contributed by atoms with van der Waals surface area (Å²) in [6, 6.07) is 0. The third-order valence-electron chi connectivity index (χ3n) is 6.39. The van der Waals surface area contributed by atoms with Gasteiger partial charge in [-0.25, -0.2) is 0 Å². The third kappa shape index (κ3) is 5.39. The molecule has 1 N–H and O–H groups in total. The van der Waals surface area contributed by atoms with Crippen LogP contribution >= 0.6 is 11.8 Å². The van der Waals surface area contributed by atoms with E-state index in [9.17, 15) is 4.79 Å². The topological polar surface area (TPSA) is 29.1 Å². The highest BCUT2D eigenvalue weighted by Crippen LogP contribution is 2.56. The third-order valence-corrected chi connectivity index (χ3v) is 7.97. The van der Waals surface area contributed by atoms with Gasteiger partial charge in [0.25, 0.3) is 0 Å². The summed E-state index contributed by atoms with van der Waals surface area (Å²) in [4.78, 5) is 12.2. The van der Waals surface area contributed by atoms with Crippen molar-refractivity contribution < 1.29 is 4.79 Å². The molecule has 1 amide bonds. The van der Waals surface area contributed by atoms with Crippen molar-refractivity contribution in [3.05, 3.63) is 23.3 Å². The van der Waals surface area contributed by atoms with Crippen molar-refractivity contribution in [3.63, 3.8) is 0 Å². The fourth-order valence-electron chi connectivity index (χ4n) is 5.40. The molecule has 4 rings (SSSR count). The van der Waals surface area contributed by atoms with E-state index in [4.69, 9.17) is 0 Å². The number of nitrogens with one attached hydrogen (secondary N) is 1. The average molecular weight is 362 g/mol. The van der Waals surface area contributed by atoms with Gasteiger partial charge in [0.05, 0.1) is 5.75 Å². The average Bonchev–Trinajstić information content (AvgIpc) is 2.53. The molecule has 0 aromatic carbocycles. The Morgan fingerprint density at radius 3 is 2.24 bits per heavy atom. The first-order valence-corrected chi connectivity index (χ1v) is 11.2. The molecule has 4 aliphatic carbocycles. The predicted molar refractivity (Wildman–Crippen MR) is 109 cm³/mol. The summed E-state index contributed by atoms with van der Waals surface area (Å²) in [5, 5.41) is 3.85. The number of carbonyl (C=O) groups is 1. The summed E-state index contributed by atoms with van der Waals surface area (Å²) in [7, 11) is 0. The molecule has 4 fully saturated rings. The van der Waals surface area contributed by atoms with Gasteiger partial charge in [-0.1, -0.05) is 23.3 Å². The highest BCUT2D eigenvalue weighted by Gasteiger charge is 2.48. The van der Waals surface area contributed by atoms with Crippen LogP contribution in [0.1, 0.15) is 65.7 Å². The molecular weight excluding hydrogens is 326 g/mol. The van der Waals surface area contributed by atoms with Crippen molar-refractivity contribution in [1.29, 1.82) is 0 Å². The van der Waals surface area contributed by atoms with Gasteiger partial charge in [0.15, 0.2) is 0 Å². The first kappa shape index (κ1) is 19.1. The Morgan fingerprint density at radius 2 is 1.64 bits per heavy atom. The van der Waals surface area contributed by atoms with Gasteiger partial charge in [-0.05, 0) is 89.4 Å². The van der Waals surface area contributed by atoms with Crippen LogP contribution < -0.4 is 5.32 Å². The molecule has 0 atom stereocenters. The van der Waals surface area contributed by atoms with Crippen LogP contribution in [0.25, 0.3) is 0 Å². The summed E-state index contributed by atoms with van der Waals surface area (Å²) < 4.78 is 0. The molecule has 0 spiro atoms. The lowest BCUT2D eigenvalue weighted by molar-refractivity contribution is -0.118. The second-order valence-electron chi connectivity index (χ2n) is 8.88. The van der Waals surface area contributed by atoms with Crippen molar-refractivity contribution >= 4 is 17.7 Å². The highest BCUT2D eigenvalue weighted by atomic mass is 32.2. The second-order valence-corrected chi connectivity index (χ2v) is 10.0. The molecule has 4 bridgehead atoms. The van der Waals surface area contributed by atoms with E-state index in [1.807, 2.05) is 11.8 Å². The minimum Gasteiger partial charge on any atom is -0.352 e. The zero-order chi connectivity index (χ0) is 17.8. The number of amides is 1. The Bertz CT molecular complexity index is 504. The number of rotatable bonds is 8. The van der Waals surface area contributed by atoms with Crippen molar-refractivity contribution in [3.8, 4) is 0 Å². The van der Waals surface area contributed by atoms with Gasteiger partial charge in [0.2, 0.25) is 5.91 Å². The first-order chi connectivity index (χ1) is 12.0. The van der Waals surface area contributed by atoms with Crippen molar-refractivity contribution in [1.82, 2.24) is 5.32 Å². The molecule has 0 unspecified atom stereocenters. The number of hydrogen-bond acceptors (Lipinski definition) is 2. The van der Waals surface area contributed by atoms with Crippen LogP contribution in [0.2, 0.25) is 0 Å². The Hall–Kier alpha value is -0.700. The molecule has 0 saturated heterocycles. The van der Waals surface area contributed by atoms with Crippen LogP contribution in [-0.4, -0.2) is 23.5 Å². The maximum atomic E-state index is 12.2. The second kappa shape index (κ2) is 8.79. The van der Waals surface area contributed by atoms with Gasteiger partial charge in [-0.2, -0.15) is 0 Å². The van der Waals surface area contributed by atoms with Gasteiger partial charge >= 0.3 is 0 Å². The number of thioether (sulfide) groups is 1. The smallest absolute Gasteiger partial charge is 0.230 e. The lowest BCUT2D eigenvalue weighted by atomic mass is 9.56. The number of allylic oxidation sites excluding steroid dienone is 3. The SMILES string of the molecule is CC(C)=CCCC(C)=CCNC(=O)CSC1C2CC3CC(C2)CC1C3. The van der Waals surface area contributed by atoms with E-state index >= 15 is 0 Å². The van der Waals surface area contributed by atoms with Gasteiger partial charge in [-0.15, -0.1) is 11.8 Å². The first-order valence-electron chi connectivity index (χ1n) is 10.2. The Kier molecular flexibility index (Phi) is 6.71. The number of hydrogen-bond donors (Lipinski definition) is 1. The van der Waals surface area contributed by atoms with E-state index < -0.39 is 0 Å². The van der Waals surface area contributed by atoms with Crippen LogP contribution in [0.15, 0.2) is 23.3 Å². The molecule has 25 heavy (non-hydrogen) atoms. The summed E-state index contributed by atoms with van der Waals surface area (Å²) in [6.07, 6.45) is 13.9. The van der Waals surface area contributed by atoms with E-state index in [2.05, 4.69) is 38.2 Å².